The number of fused-ring (bicyclic) bond motifs is 2. The highest BCUT2D eigenvalue weighted by Gasteiger charge is 2.25. The molecule has 0 unspecified atom stereocenters. The third-order valence-corrected chi connectivity index (χ3v) is 4.62. The SMILES string of the molecule is CCN(CC)CCCN1C(=O)c2ccccc2Nc2ccccc21. The van der Waals surface area contributed by atoms with Crippen molar-refractivity contribution >= 4 is 23.0 Å². The van der Waals surface area contributed by atoms with Gasteiger partial charge in [-0.25, -0.2) is 0 Å². The normalized spacial score (nSPS) is 13.3. The van der Waals surface area contributed by atoms with Crippen LogP contribution in [0, 0.1) is 0 Å². The number of carbonyl (C=O) groups excluding carboxylic acids is 1. The van der Waals surface area contributed by atoms with Crippen LogP contribution in [-0.2, 0) is 0 Å². The van der Waals surface area contributed by atoms with E-state index in [4.69, 9.17) is 0 Å². The molecule has 0 saturated heterocycles. The minimum atomic E-state index is 0.0718. The predicted molar refractivity (Wildman–Crippen MR) is 100 cm³/mol. The molecule has 2 aromatic rings. The van der Waals surface area contributed by atoms with Crippen LogP contribution in [0.2, 0.25) is 0 Å². The molecule has 3 rings (SSSR count). The average Bonchev–Trinajstić information content (AvgIpc) is 2.74. The second kappa shape index (κ2) is 7.49. The fourth-order valence-electron chi connectivity index (χ4n) is 3.21. The van der Waals surface area contributed by atoms with E-state index < -0.39 is 0 Å². The van der Waals surface area contributed by atoms with Crippen molar-refractivity contribution in [1.29, 1.82) is 0 Å². The molecule has 1 aliphatic rings. The van der Waals surface area contributed by atoms with Crippen molar-refractivity contribution in [3.8, 4) is 0 Å². The van der Waals surface area contributed by atoms with Crippen molar-refractivity contribution in [3.63, 3.8) is 0 Å². The van der Waals surface area contributed by atoms with Gasteiger partial charge in [0.05, 0.1) is 22.6 Å². The van der Waals surface area contributed by atoms with Crippen LogP contribution >= 0.6 is 0 Å². The zero-order valence-electron chi connectivity index (χ0n) is 14.5. The number of nitrogens with one attached hydrogen (secondary N) is 1. The van der Waals surface area contributed by atoms with E-state index in [9.17, 15) is 4.79 Å². The Bertz CT molecular complexity index is 710. The second-order valence-corrected chi connectivity index (χ2v) is 6.02. The highest BCUT2D eigenvalue weighted by molar-refractivity contribution is 6.13. The predicted octanol–water partition coefficient (Wildman–Crippen LogP) is 4.12. The fraction of sp³-hybridized carbons (Fsp3) is 0.350. The van der Waals surface area contributed by atoms with Gasteiger partial charge in [-0.05, 0) is 50.3 Å². The van der Waals surface area contributed by atoms with Gasteiger partial charge in [0.25, 0.3) is 5.91 Å². The van der Waals surface area contributed by atoms with Crippen LogP contribution in [0.5, 0.6) is 0 Å². The molecular formula is C20H25N3O. The van der Waals surface area contributed by atoms with E-state index in [1.54, 1.807) is 0 Å². The first-order chi connectivity index (χ1) is 11.7. The van der Waals surface area contributed by atoms with Crippen molar-refractivity contribution in [2.24, 2.45) is 0 Å². The van der Waals surface area contributed by atoms with Gasteiger partial charge in [-0.3, -0.25) is 4.79 Å². The summed E-state index contributed by atoms with van der Waals surface area (Å²) in [4.78, 5) is 17.4. The molecule has 24 heavy (non-hydrogen) atoms. The smallest absolute Gasteiger partial charge is 0.260 e. The molecule has 4 heteroatoms. The lowest BCUT2D eigenvalue weighted by Gasteiger charge is -2.25. The summed E-state index contributed by atoms with van der Waals surface area (Å²) in [5, 5.41) is 3.41. The van der Waals surface area contributed by atoms with Crippen LogP contribution in [0.15, 0.2) is 48.5 Å². The van der Waals surface area contributed by atoms with Gasteiger partial charge in [0.15, 0.2) is 0 Å². The van der Waals surface area contributed by atoms with E-state index in [0.29, 0.717) is 0 Å². The monoisotopic (exact) mass is 323 g/mol. The van der Waals surface area contributed by atoms with E-state index >= 15 is 0 Å². The molecule has 0 radical (unpaired) electrons. The Balaban J connectivity index is 1.87. The zero-order chi connectivity index (χ0) is 16.9. The summed E-state index contributed by atoms with van der Waals surface area (Å²) < 4.78 is 0. The van der Waals surface area contributed by atoms with Gasteiger partial charge in [-0.1, -0.05) is 38.1 Å². The summed E-state index contributed by atoms with van der Waals surface area (Å²) in [6.07, 6.45) is 0.962. The van der Waals surface area contributed by atoms with E-state index in [0.717, 1.165) is 55.2 Å². The lowest BCUT2D eigenvalue weighted by atomic mass is 10.1. The quantitative estimate of drug-likeness (QED) is 0.868. The molecule has 1 amide bonds. The number of anilines is 3. The molecular weight excluding hydrogens is 298 g/mol. The Morgan fingerprint density at radius 2 is 1.62 bits per heavy atom. The largest absolute Gasteiger partial charge is 0.353 e. The first-order valence-electron chi connectivity index (χ1n) is 8.74. The van der Waals surface area contributed by atoms with Gasteiger partial charge in [0, 0.05) is 6.54 Å². The van der Waals surface area contributed by atoms with Crippen LogP contribution in [0.4, 0.5) is 17.1 Å². The fourth-order valence-corrected chi connectivity index (χ4v) is 3.21. The molecule has 126 valence electrons. The summed E-state index contributed by atoms with van der Waals surface area (Å²) >= 11 is 0. The Hall–Kier alpha value is -2.33. The molecule has 1 N–H and O–H groups in total. The zero-order valence-corrected chi connectivity index (χ0v) is 14.5. The number of para-hydroxylation sites is 3. The number of hydrogen-bond donors (Lipinski definition) is 1. The molecule has 0 aliphatic carbocycles. The number of amides is 1. The molecule has 0 saturated carbocycles. The van der Waals surface area contributed by atoms with Crippen LogP contribution < -0.4 is 10.2 Å². The van der Waals surface area contributed by atoms with Crippen molar-refractivity contribution < 1.29 is 4.79 Å². The summed E-state index contributed by atoms with van der Waals surface area (Å²) in [6.45, 7) is 8.18. The number of nitrogens with zero attached hydrogens (tertiary/aromatic N) is 2. The maximum Gasteiger partial charge on any atom is 0.260 e. The van der Waals surface area contributed by atoms with Gasteiger partial charge in [0.1, 0.15) is 0 Å². The number of rotatable bonds is 6. The van der Waals surface area contributed by atoms with Gasteiger partial charge in [-0.2, -0.15) is 0 Å². The summed E-state index contributed by atoms with van der Waals surface area (Å²) in [6, 6.07) is 15.8. The van der Waals surface area contributed by atoms with Crippen molar-refractivity contribution in [2.75, 3.05) is 36.4 Å². The van der Waals surface area contributed by atoms with Gasteiger partial charge in [-0.15, -0.1) is 0 Å². The highest BCUT2D eigenvalue weighted by Crippen LogP contribution is 2.35. The van der Waals surface area contributed by atoms with Gasteiger partial charge < -0.3 is 15.1 Å². The molecule has 0 spiro atoms. The molecule has 0 fully saturated rings. The molecule has 4 nitrogen and oxygen atoms in total. The number of benzene rings is 2. The topological polar surface area (TPSA) is 35.6 Å². The minimum Gasteiger partial charge on any atom is -0.353 e. The molecule has 0 aromatic heterocycles. The lowest BCUT2D eigenvalue weighted by molar-refractivity contribution is 0.0987. The maximum absolute atomic E-state index is 13.1. The second-order valence-electron chi connectivity index (χ2n) is 6.02. The van der Waals surface area contributed by atoms with Crippen LogP contribution in [0.25, 0.3) is 0 Å². The van der Waals surface area contributed by atoms with Crippen molar-refractivity contribution in [2.45, 2.75) is 20.3 Å². The summed E-state index contributed by atoms with van der Waals surface area (Å²) in [5.74, 6) is 0.0718. The number of hydrogen-bond acceptors (Lipinski definition) is 3. The van der Waals surface area contributed by atoms with Crippen LogP contribution in [0.1, 0.15) is 30.6 Å². The standard InChI is InChI=1S/C20H25N3O/c1-3-22(4-2)14-9-15-23-19-13-8-7-12-18(19)21-17-11-6-5-10-16(17)20(23)24/h5-8,10-13,21H,3-4,9,14-15H2,1-2H3. The first-order valence-corrected chi connectivity index (χ1v) is 8.74. The van der Waals surface area contributed by atoms with Gasteiger partial charge >= 0.3 is 0 Å². The first kappa shape index (κ1) is 16.5. The third-order valence-electron chi connectivity index (χ3n) is 4.62. The maximum atomic E-state index is 13.1. The van der Waals surface area contributed by atoms with Gasteiger partial charge in [0.2, 0.25) is 0 Å². The third kappa shape index (κ3) is 3.29. The van der Waals surface area contributed by atoms with Crippen LogP contribution in [-0.4, -0.2) is 37.0 Å². The van der Waals surface area contributed by atoms with Crippen molar-refractivity contribution in [3.05, 3.63) is 54.1 Å². The molecule has 2 aromatic carbocycles. The van der Waals surface area contributed by atoms with E-state index in [1.807, 2.05) is 53.4 Å². The number of carbonyl (C=O) groups is 1. The lowest BCUT2D eigenvalue weighted by Crippen LogP contribution is -2.34. The van der Waals surface area contributed by atoms with E-state index in [1.165, 1.54) is 0 Å². The Morgan fingerprint density at radius 1 is 0.958 bits per heavy atom. The Morgan fingerprint density at radius 3 is 2.38 bits per heavy atom. The Kier molecular flexibility index (Phi) is 5.16. The summed E-state index contributed by atoms with van der Waals surface area (Å²) in [5.41, 5.74) is 3.55. The minimum absolute atomic E-state index is 0.0718. The molecule has 1 aliphatic heterocycles. The van der Waals surface area contributed by atoms with E-state index in [2.05, 4.69) is 24.1 Å². The molecule has 1 heterocycles. The average molecular weight is 323 g/mol. The van der Waals surface area contributed by atoms with Crippen LogP contribution in [0.3, 0.4) is 0 Å². The Labute approximate surface area is 144 Å². The summed E-state index contributed by atoms with van der Waals surface area (Å²) in [7, 11) is 0. The van der Waals surface area contributed by atoms with Crippen molar-refractivity contribution in [1.82, 2.24) is 4.90 Å². The molecule has 0 atom stereocenters. The van der Waals surface area contributed by atoms with E-state index in [-0.39, 0.29) is 5.91 Å². The molecule has 0 bridgehead atoms. The highest BCUT2D eigenvalue weighted by atomic mass is 16.2.